The molecule has 0 aliphatic carbocycles. The van der Waals surface area contributed by atoms with E-state index in [-0.39, 0.29) is 11.1 Å². The second-order valence-corrected chi connectivity index (χ2v) is 11.5. The normalized spacial score (nSPS) is 13.1. The third-order valence-electron chi connectivity index (χ3n) is 2.27. The van der Waals surface area contributed by atoms with E-state index in [2.05, 4.69) is 10.0 Å². The fraction of sp³-hybridized carbons (Fsp3) is 0.417. The van der Waals surface area contributed by atoms with Crippen molar-refractivity contribution in [2.45, 2.75) is 25.9 Å². The topological polar surface area (TPSA) is 118 Å². The van der Waals surface area contributed by atoms with Gasteiger partial charge in [0.15, 0.2) is 6.23 Å². The molecule has 0 heterocycles. The molecule has 120 valence electrons. The lowest BCUT2D eigenvalue weighted by Gasteiger charge is -2.20. The Bertz CT molecular complexity index is 708. The molecule has 22 heavy (non-hydrogen) atoms. The fourth-order valence-electron chi connectivity index (χ4n) is 1.58. The highest BCUT2D eigenvalue weighted by molar-refractivity contribution is 7.86. The number of hydrogen-bond donors (Lipinski definition) is 0. The third kappa shape index (κ3) is 5.86. The Hall–Kier alpha value is -1.87. The zero-order chi connectivity index (χ0) is 17.0. The molecular weight excluding hydrogens is 326 g/mol. The van der Waals surface area contributed by atoms with Crippen molar-refractivity contribution in [1.29, 1.82) is 0 Å². The minimum Gasteiger partial charge on any atom is -0.516 e. The molecule has 0 saturated heterocycles. The highest BCUT2D eigenvalue weighted by atomic mass is 32.2. The predicted molar refractivity (Wildman–Crippen MR) is 83.0 cm³/mol. The third-order valence-corrected chi connectivity index (χ3v) is 3.60. The summed E-state index contributed by atoms with van der Waals surface area (Å²) in [5.74, 6) is -0.606. The first kappa shape index (κ1) is 18.2. The summed E-state index contributed by atoms with van der Waals surface area (Å²) >= 11 is 0. The van der Waals surface area contributed by atoms with Crippen LogP contribution < -0.4 is 0 Å². The van der Waals surface area contributed by atoms with Crippen LogP contribution in [0.15, 0.2) is 29.4 Å². The summed E-state index contributed by atoms with van der Waals surface area (Å²) in [7, 11) is -6.02. The summed E-state index contributed by atoms with van der Waals surface area (Å²) in [4.78, 5) is 14.8. The summed E-state index contributed by atoms with van der Waals surface area (Å²) in [6.45, 7) is 5.52. The average molecular weight is 343 g/mol. The van der Waals surface area contributed by atoms with Crippen LogP contribution in [0.25, 0.3) is 10.4 Å². The second-order valence-electron chi connectivity index (χ2n) is 5.45. The van der Waals surface area contributed by atoms with Gasteiger partial charge in [-0.1, -0.05) is 23.3 Å². The molecule has 0 radical (unpaired) electrons. The smallest absolute Gasteiger partial charge is 0.325 e. The number of hydrogen-bond acceptors (Lipinski definition) is 6. The maximum Gasteiger partial charge on any atom is 0.325 e. The summed E-state index contributed by atoms with van der Waals surface area (Å²) in [5, 5.41) is 3.30. The van der Waals surface area contributed by atoms with E-state index in [9.17, 15) is 13.2 Å². The monoisotopic (exact) mass is 343 g/mol. The predicted octanol–water partition coefficient (Wildman–Crippen LogP) is 2.96. The molecule has 10 heteroatoms. The van der Waals surface area contributed by atoms with E-state index in [1.807, 2.05) is 19.6 Å². The lowest BCUT2D eigenvalue weighted by Crippen LogP contribution is -2.30. The summed E-state index contributed by atoms with van der Waals surface area (Å²) in [5.41, 5.74) is 8.82. The molecule has 0 fully saturated rings. The zero-order valence-electron chi connectivity index (χ0n) is 12.7. The SMILES string of the molecule is C[Si](C)(C)OC(=O)c1ccccc1C(N=[N+]=[N-])OS(C)(=O)=O. The molecule has 0 aliphatic rings. The van der Waals surface area contributed by atoms with Crippen LogP contribution in [-0.2, 0) is 18.7 Å². The Morgan fingerprint density at radius 1 is 1.32 bits per heavy atom. The first-order chi connectivity index (χ1) is 10.0. The molecule has 0 saturated carbocycles. The molecule has 1 aromatic rings. The lowest BCUT2D eigenvalue weighted by molar-refractivity contribution is 0.0719. The van der Waals surface area contributed by atoms with Gasteiger partial charge in [-0.15, -0.1) is 0 Å². The van der Waals surface area contributed by atoms with Crippen LogP contribution in [0.3, 0.4) is 0 Å². The number of azide groups is 1. The molecule has 1 rings (SSSR count). The Morgan fingerprint density at radius 2 is 1.91 bits per heavy atom. The van der Waals surface area contributed by atoms with Gasteiger partial charge in [0.1, 0.15) is 0 Å². The molecule has 0 bridgehead atoms. The van der Waals surface area contributed by atoms with Crippen LogP contribution in [-0.4, -0.2) is 29.0 Å². The van der Waals surface area contributed by atoms with Gasteiger partial charge in [0.05, 0.1) is 11.8 Å². The number of nitrogens with zero attached hydrogens (tertiary/aromatic N) is 3. The minimum absolute atomic E-state index is 0.103. The zero-order valence-corrected chi connectivity index (χ0v) is 14.5. The Morgan fingerprint density at radius 3 is 2.41 bits per heavy atom. The number of rotatable bonds is 6. The van der Waals surface area contributed by atoms with Crippen molar-refractivity contribution in [3.8, 4) is 0 Å². The van der Waals surface area contributed by atoms with Crippen LogP contribution in [0.2, 0.25) is 19.6 Å². The van der Waals surface area contributed by atoms with Gasteiger partial charge in [0.25, 0.3) is 10.1 Å². The molecule has 8 nitrogen and oxygen atoms in total. The van der Waals surface area contributed by atoms with Crippen molar-refractivity contribution in [2.24, 2.45) is 5.11 Å². The molecule has 0 aliphatic heterocycles. The number of carbonyl (C=O) groups is 1. The van der Waals surface area contributed by atoms with Crippen molar-refractivity contribution in [3.63, 3.8) is 0 Å². The summed E-state index contributed by atoms with van der Waals surface area (Å²) < 4.78 is 32.7. The van der Waals surface area contributed by atoms with Gasteiger partial charge in [0, 0.05) is 10.5 Å². The van der Waals surface area contributed by atoms with Crippen molar-refractivity contribution in [1.82, 2.24) is 0 Å². The minimum atomic E-state index is -3.88. The Kier molecular flexibility index (Phi) is 5.72. The molecule has 1 unspecified atom stereocenters. The van der Waals surface area contributed by atoms with Crippen molar-refractivity contribution in [3.05, 3.63) is 45.8 Å². The first-order valence-electron chi connectivity index (χ1n) is 6.28. The fourth-order valence-corrected chi connectivity index (χ4v) is 2.72. The number of carbonyl (C=O) groups excluding carboxylic acids is 1. The second kappa shape index (κ2) is 6.92. The first-order valence-corrected chi connectivity index (χ1v) is 11.5. The maximum atomic E-state index is 12.2. The van der Waals surface area contributed by atoms with Gasteiger partial charge in [0.2, 0.25) is 8.32 Å². The van der Waals surface area contributed by atoms with Crippen LogP contribution in [0.5, 0.6) is 0 Å². The Labute approximate surface area is 129 Å². The number of benzene rings is 1. The van der Waals surface area contributed by atoms with Gasteiger partial charge < -0.3 is 4.43 Å². The molecule has 0 N–H and O–H groups in total. The van der Waals surface area contributed by atoms with E-state index in [0.29, 0.717) is 0 Å². The molecule has 1 atom stereocenters. The molecular formula is C12H17N3O5SSi. The van der Waals surface area contributed by atoms with Crippen LogP contribution in [0.1, 0.15) is 22.1 Å². The summed E-state index contributed by atoms with van der Waals surface area (Å²) in [6, 6.07) is 6.08. The van der Waals surface area contributed by atoms with Gasteiger partial charge in [-0.3, -0.25) is 4.18 Å². The quantitative estimate of drug-likeness (QED) is 0.259. The van der Waals surface area contributed by atoms with E-state index < -0.39 is 30.6 Å². The van der Waals surface area contributed by atoms with Gasteiger partial charge in [-0.25, -0.2) is 4.79 Å². The van der Waals surface area contributed by atoms with Crippen molar-refractivity contribution in [2.75, 3.05) is 6.26 Å². The highest BCUT2D eigenvalue weighted by Crippen LogP contribution is 2.26. The van der Waals surface area contributed by atoms with Crippen molar-refractivity contribution < 1.29 is 21.8 Å². The van der Waals surface area contributed by atoms with Crippen molar-refractivity contribution >= 4 is 24.4 Å². The molecule has 1 aromatic carbocycles. The van der Waals surface area contributed by atoms with E-state index in [1.165, 1.54) is 12.1 Å². The average Bonchev–Trinajstić information content (AvgIpc) is 2.34. The largest absolute Gasteiger partial charge is 0.516 e. The Balaban J connectivity index is 3.28. The van der Waals surface area contributed by atoms with E-state index >= 15 is 0 Å². The van der Waals surface area contributed by atoms with E-state index in [1.54, 1.807) is 12.1 Å². The van der Waals surface area contributed by atoms with E-state index in [0.717, 1.165) is 6.26 Å². The van der Waals surface area contributed by atoms with E-state index in [4.69, 9.17) is 14.1 Å². The van der Waals surface area contributed by atoms with Gasteiger partial charge in [-0.05, 0) is 31.2 Å². The maximum absolute atomic E-state index is 12.2. The van der Waals surface area contributed by atoms with Gasteiger partial charge >= 0.3 is 5.97 Å². The lowest BCUT2D eigenvalue weighted by atomic mass is 10.1. The molecule has 0 aromatic heterocycles. The van der Waals surface area contributed by atoms with Crippen LogP contribution >= 0.6 is 0 Å². The molecule has 0 amide bonds. The summed E-state index contributed by atoms with van der Waals surface area (Å²) in [6.07, 6.45) is -0.638. The van der Waals surface area contributed by atoms with Crippen LogP contribution in [0.4, 0.5) is 0 Å². The molecule has 0 spiro atoms. The van der Waals surface area contributed by atoms with Gasteiger partial charge in [-0.2, -0.15) is 8.42 Å². The van der Waals surface area contributed by atoms with Crippen LogP contribution in [0, 0.1) is 0 Å². The standard InChI is InChI=1S/C12H17N3O5SSi/c1-21(17,18)19-11(14-15-13)9-7-5-6-8-10(9)12(16)20-22(2,3)4/h5-8,11H,1-4H3. The highest BCUT2D eigenvalue weighted by Gasteiger charge is 2.26.